The molecule has 0 aliphatic carbocycles. The quantitative estimate of drug-likeness (QED) is 0.606. The Kier molecular flexibility index (Phi) is 5.04. The highest BCUT2D eigenvalue weighted by Crippen LogP contribution is 2.46. The molecule has 1 aliphatic heterocycles. The van der Waals surface area contributed by atoms with Gasteiger partial charge in [-0.15, -0.1) is 0 Å². The second-order valence-electron chi connectivity index (χ2n) is 6.83. The van der Waals surface area contributed by atoms with Crippen LogP contribution in [0.5, 0.6) is 0 Å². The first kappa shape index (κ1) is 19.2. The molecule has 144 valence electrons. The van der Waals surface area contributed by atoms with Crippen LogP contribution in [0.3, 0.4) is 0 Å². The van der Waals surface area contributed by atoms with Crippen LogP contribution in [0.15, 0.2) is 12.5 Å². The third-order valence-electron chi connectivity index (χ3n) is 3.99. The molecule has 5 N–H and O–H groups in total. The van der Waals surface area contributed by atoms with E-state index in [0.29, 0.717) is 17.8 Å². The summed E-state index contributed by atoms with van der Waals surface area (Å²) in [5, 5.41) is 4.15. The van der Waals surface area contributed by atoms with E-state index in [1.807, 2.05) is 6.92 Å². The minimum Gasteiger partial charge on any atom is -0.381 e. The van der Waals surface area contributed by atoms with Gasteiger partial charge in [0.15, 0.2) is 11.5 Å². The van der Waals surface area contributed by atoms with Crippen LogP contribution in [0.4, 0.5) is 5.82 Å². The highest BCUT2D eigenvalue weighted by atomic mass is 31.2. The number of hydrogen-bond acceptors (Lipinski definition) is 9. The lowest BCUT2D eigenvalue weighted by molar-refractivity contribution is -0.00489. The summed E-state index contributed by atoms with van der Waals surface area (Å²) in [5.41, 5.74) is 12.5. The van der Waals surface area contributed by atoms with E-state index < -0.39 is 31.7 Å². The third kappa shape index (κ3) is 3.88. The zero-order valence-corrected chi connectivity index (χ0v) is 15.7. The van der Waals surface area contributed by atoms with Gasteiger partial charge in [0, 0.05) is 5.54 Å². The molecule has 1 fully saturated rings. The molecule has 26 heavy (non-hydrogen) atoms. The normalized spacial score (nSPS) is 28.7. The molecule has 0 bridgehead atoms. The summed E-state index contributed by atoms with van der Waals surface area (Å²) in [4.78, 5) is 17.8. The molecule has 1 aliphatic rings. The highest BCUT2D eigenvalue weighted by Gasteiger charge is 2.45. The van der Waals surface area contributed by atoms with Crippen LogP contribution >= 0.6 is 7.82 Å². The van der Waals surface area contributed by atoms with Gasteiger partial charge in [-0.05, 0) is 27.2 Å². The summed E-state index contributed by atoms with van der Waals surface area (Å²) in [6.07, 6.45) is 1.83. The molecule has 11 nitrogen and oxygen atoms in total. The zero-order chi connectivity index (χ0) is 19.1. The van der Waals surface area contributed by atoms with Gasteiger partial charge < -0.3 is 21.1 Å². The van der Waals surface area contributed by atoms with Gasteiger partial charge in [0.25, 0.3) is 0 Å². The fraction of sp³-hybridized carbons (Fsp3) is 0.643. The number of aromatic nitrogens is 4. The van der Waals surface area contributed by atoms with E-state index in [9.17, 15) is 9.46 Å². The number of nitrogens with zero attached hydrogens (tertiary/aromatic N) is 4. The fourth-order valence-corrected chi connectivity index (χ4v) is 3.95. The van der Waals surface area contributed by atoms with E-state index in [-0.39, 0.29) is 12.4 Å². The van der Waals surface area contributed by atoms with Gasteiger partial charge in [-0.1, -0.05) is 0 Å². The Balaban J connectivity index is 1.76. The number of fused-ring (bicyclic) bond motifs is 1. The van der Waals surface area contributed by atoms with Crippen molar-refractivity contribution >= 4 is 19.3 Å². The lowest BCUT2D eigenvalue weighted by Crippen LogP contribution is -2.39. The van der Waals surface area contributed by atoms with Crippen molar-refractivity contribution in [3.8, 4) is 0 Å². The summed E-state index contributed by atoms with van der Waals surface area (Å²) in [5.74, 6) is 0.245. The van der Waals surface area contributed by atoms with E-state index in [2.05, 4.69) is 15.1 Å². The van der Waals surface area contributed by atoms with Crippen molar-refractivity contribution in [2.24, 2.45) is 5.73 Å². The Morgan fingerprint density at radius 1 is 1.54 bits per heavy atom. The summed E-state index contributed by atoms with van der Waals surface area (Å²) in [6, 6.07) is 0. The Hall–Kier alpha value is -1.62. The van der Waals surface area contributed by atoms with Crippen molar-refractivity contribution in [2.75, 3.05) is 12.3 Å². The molecule has 0 saturated carbocycles. The van der Waals surface area contributed by atoms with Gasteiger partial charge in [-0.25, -0.2) is 19.0 Å². The van der Waals surface area contributed by atoms with Crippen molar-refractivity contribution < 1.29 is 23.2 Å². The smallest absolute Gasteiger partial charge is 0.381 e. The second kappa shape index (κ2) is 6.84. The van der Waals surface area contributed by atoms with Crippen molar-refractivity contribution in [3.05, 3.63) is 18.2 Å². The molecule has 3 heterocycles. The summed E-state index contributed by atoms with van der Waals surface area (Å²) in [7, 11) is -4.14. The number of phosphoric ester groups is 1. The van der Waals surface area contributed by atoms with Gasteiger partial charge in [0.1, 0.15) is 12.4 Å². The fourth-order valence-electron chi connectivity index (χ4n) is 3.00. The summed E-state index contributed by atoms with van der Waals surface area (Å²) in [6.45, 7) is 4.98. The highest BCUT2D eigenvalue weighted by molar-refractivity contribution is 7.47. The molecule has 12 heteroatoms. The summed E-state index contributed by atoms with van der Waals surface area (Å²) < 4.78 is 29.2. The Morgan fingerprint density at radius 3 is 2.96 bits per heavy atom. The number of ether oxygens (including phenoxy) is 1. The van der Waals surface area contributed by atoms with E-state index in [1.54, 1.807) is 20.0 Å². The first-order chi connectivity index (χ1) is 12.1. The van der Waals surface area contributed by atoms with E-state index in [0.717, 1.165) is 0 Å². The van der Waals surface area contributed by atoms with E-state index in [4.69, 9.17) is 25.3 Å². The van der Waals surface area contributed by atoms with Crippen LogP contribution < -0.4 is 11.5 Å². The molecular formula is C14H23N6O5P. The number of nitrogen functional groups attached to an aromatic ring is 1. The predicted molar refractivity (Wildman–Crippen MR) is 92.0 cm³/mol. The molecular weight excluding hydrogens is 363 g/mol. The summed E-state index contributed by atoms with van der Waals surface area (Å²) >= 11 is 0. The van der Waals surface area contributed by atoms with Crippen molar-refractivity contribution in [2.45, 2.75) is 51.0 Å². The lowest BCUT2D eigenvalue weighted by Gasteiger charge is -2.24. The molecule has 1 saturated heterocycles. The third-order valence-corrected chi connectivity index (χ3v) is 5.15. The standard InChI is InChI=1S/C14H23N6O5P/c1-8(2)25-26(21,22)23-6-9-4-14(3,16)11(24-9)10-5-17-13-12(15)18-7-19-20(10)13/h5,7-9,11H,4,6,16H2,1-3H3,(H,21,22)(H2,15,18,19). The average molecular weight is 386 g/mol. The monoisotopic (exact) mass is 386 g/mol. The molecule has 0 radical (unpaired) electrons. The Bertz CT molecular complexity index is 840. The average Bonchev–Trinajstić information content (AvgIpc) is 3.05. The number of imidazole rings is 1. The van der Waals surface area contributed by atoms with Crippen molar-refractivity contribution in [1.82, 2.24) is 19.6 Å². The molecule has 0 spiro atoms. The van der Waals surface area contributed by atoms with Crippen LogP contribution in [0, 0.1) is 0 Å². The van der Waals surface area contributed by atoms with Gasteiger partial charge in [-0.2, -0.15) is 5.10 Å². The van der Waals surface area contributed by atoms with Crippen LogP contribution in [0.25, 0.3) is 5.65 Å². The SMILES string of the molecule is CC(C)OP(=O)(O)OCC1CC(C)(N)C(c2cnc3c(N)ncnn23)O1. The van der Waals surface area contributed by atoms with Crippen molar-refractivity contribution in [3.63, 3.8) is 0 Å². The minimum absolute atomic E-state index is 0.127. The van der Waals surface area contributed by atoms with Crippen LogP contribution in [0.1, 0.15) is 39.0 Å². The number of anilines is 1. The maximum absolute atomic E-state index is 11.8. The number of nitrogens with two attached hydrogens (primary N) is 2. The Labute approximate surface area is 150 Å². The lowest BCUT2D eigenvalue weighted by atomic mass is 9.91. The largest absolute Gasteiger partial charge is 0.472 e. The predicted octanol–water partition coefficient (Wildman–Crippen LogP) is 0.796. The van der Waals surface area contributed by atoms with Crippen molar-refractivity contribution in [1.29, 1.82) is 0 Å². The molecule has 3 rings (SSSR count). The van der Waals surface area contributed by atoms with Crippen LogP contribution in [-0.4, -0.2) is 48.8 Å². The first-order valence-corrected chi connectivity index (χ1v) is 9.63. The number of phosphoric acid groups is 1. The molecule has 0 amide bonds. The number of rotatable bonds is 6. The number of hydrogen-bond donors (Lipinski definition) is 3. The zero-order valence-electron chi connectivity index (χ0n) is 14.8. The maximum atomic E-state index is 11.8. The van der Waals surface area contributed by atoms with Crippen LogP contribution in [-0.2, 0) is 18.3 Å². The maximum Gasteiger partial charge on any atom is 0.472 e. The van der Waals surface area contributed by atoms with E-state index >= 15 is 0 Å². The minimum atomic E-state index is -4.14. The van der Waals surface area contributed by atoms with E-state index in [1.165, 1.54) is 10.8 Å². The van der Waals surface area contributed by atoms with Gasteiger partial charge >= 0.3 is 7.82 Å². The molecule has 4 unspecified atom stereocenters. The first-order valence-electron chi connectivity index (χ1n) is 8.13. The molecule has 4 atom stereocenters. The van der Waals surface area contributed by atoms with Gasteiger partial charge in [-0.3, -0.25) is 9.05 Å². The topological polar surface area (TPSA) is 160 Å². The molecule has 2 aromatic rings. The molecule has 0 aromatic carbocycles. The van der Waals surface area contributed by atoms with Gasteiger partial charge in [0.05, 0.1) is 30.7 Å². The Morgan fingerprint density at radius 2 is 2.27 bits per heavy atom. The van der Waals surface area contributed by atoms with Crippen LogP contribution in [0.2, 0.25) is 0 Å². The second-order valence-corrected chi connectivity index (χ2v) is 8.24. The molecule has 2 aromatic heterocycles. The van der Waals surface area contributed by atoms with Gasteiger partial charge in [0.2, 0.25) is 0 Å².